The lowest BCUT2D eigenvalue weighted by molar-refractivity contribution is -0.384. The fourth-order valence-electron chi connectivity index (χ4n) is 1.79. The van der Waals surface area contributed by atoms with Crippen molar-refractivity contribution in [3.05, 3.63) is 69.8 Å². The van der Waals surface area contributed by atoms with Gasteiger partial charge in [-0.3, -0.25) is 10.1 Å². The summed E-state index contributed by atoms with van der Waals surface area (Å²) in [7, 11) is 0. The van der Waals surface area contributed by atoms with Crippen LogP contribution in [0.15, 0.2) is 57.8 Å². The van der Waals surface area contributed by atoms with Crippen LogP contribution in [0.25, 0.3) is 6.08 Å². The Bertz CT molecular complexity index is 774. The van der Waals surface area contributed by atoms with E-state index in [1.54, 1.807) is 18.2 Å². The van der Waals surface area contributed by atoms with Crippen molar-refractivity contribution in [2.24, 2.45) is 4.99 Å². The second-order valence-corrected chi connectivity index (χ2v) is 4.16. The average Bonchev–Trinajstić information content (AvgIpc) is 3.10. The Morgan fingerprint density at radius 1 is 1.24 bits per heavy atom. The van der Waals surface area contributed by atoms with E-state index in [0.717, 1.165) is 0 Å². The molecule has 0 bridgehead atoms. The van der Waals surface area contributed by atoms with Crippen LogP contribution in [0, 0.1) is 10.1 Å². The number of aliphatic imine (C=N–C) groups is 1. The number of non-ortho nitro benzene ring substituents is 1. The summed E-state index contributed by atoms with van der Waals surface area (Å²) in [6.45, 7) is 0. The molecule has 0 unspecified atom stereocenters. The minimum Gasteiger partial charge on any atom is -0.465 e. The highest BCUT2D eigenvalue weighted by Gasteiger charge is 2.25. The van der Waals surface area contributed by atoms with E-state index in [1.807, 2.05) is 0 Å². The van der Waals surface area contributed by atoms with E-state index in [4.69, 9.17) is 9.15 Å². The molecule has 0 saturated carbocycles. The minimum absolute atomic E-state index is 0.0292. The van der Waals surface area contributed by atoms with Gasteiger partial charge in [0.05, 0.1) is 11.2 Å². The Labute approximate surface area is 118 Å². The molecule has 1 aromatic carbocycles. The lowest BCUT2D eigenvalue weighted by atomic mass is 10.2. The first-order valence-corrected chi connectivity index (χ1v) is 5.94. The van der Waals surface area contributed by atoms with Crippen molar-refractivity contribution in [1.29, 1.82) is 0 Å². The lowest BCUT2D eigenvalue weighted by Crippen LogP contribution is -2.05. The smallest absolute Gasteiger partial charge is 0.363 e. The number of esters is 1. The number of carbonyl (C=O) groups is 1. The summed E-state index contributed by atoms with van der Waals surface area (Å²) in [6, 6.07) is 9.06. The van der Waals surface area contributed by atoms with E-state index >= 15 is 0 Å². The number of benzene rings is 1. The van der Waals surface area contributed by atoms with Crippen LogP contribution in [-0.2, 0) is 9.53 Å². The SMILES string of the molecule is O=C1OC(c2cccc([N+](=O)[O-])c2)=NC1=Cc1ccco1. The molecule has 1 aliphatic rings. The van der Waals surface area contributed by atoms with Gasteiger partial charge in [0.1, 0.15) is 5.76 Å². The van der Waals surface area contributed by atoms with Gasteiger partial charge in [-0.1, -0.05) is 6.07 Å². The van der Waals surface area contributed by atoms with E-state index in [2.05, 4.69) is 4.99 Å². The van der Waals surface area contributed by atoms with Crippen molar-refractivity contribution in [3.63, 3.8) is 0 Å². The fourth-order valence-corrected chi connectivity index (χ4v) is 1.79. The molecule has 7 heteroatoms. The summed E-state index contributed by atoms with van der Waals surface area (Å²) in [5.74, 6) is -0.139. The predicted molar refractivity (Wildman–Crippen MR) is 72.4 cm³/mol. The molecule has 0 spiro atoms. The number of hydrogen-bond donors (Lipinski definition) is 0. The molecule has 3 rings (SSSR count). The average molecular weight is 284 g/mol. The molecular formula is C14H8N2O5. The van der Waals surface area contributed by atoms with E-state index in [-0.39, 0.29) is 17.3 Å². The first-order valence-electron chi connectivity index (χ1n) is 5.94. The third kappa shape index (κ3) is 2.57. The van der Waals surface area contributed by atoms with Crippen LogP contribution in [-0.4, -0.2) is 16.8 Å². The molecular weight excluding hydrogens is 276 g/mol. The second-order valence-electron chi connectivity index (χ2n) is 4.16. The number of furan rings is 1. The zero-order valence-electron chi connectivity index (χ0n) is 10.6. The van der Waals surface area contributed by atoms with Gasteiger partial charge in [-0.05, 0) is 18.2 Å². The number of ether oxygens (including phenoxy) is 1. The van der Waals surface area contributed by atoms with Crippen LogP contribution < -0.4 is 0 Å². The summed E-state index contributed by atoms with van der Waals surface area (Å²) >= 11 is 0. The Morgan fingerprint density at radius 2 is 2.10 bits per heavy atom. The molecule has 7 nitrogen and oxygen atoms in total. The fraction of sp³-hybridized carbons (Fsp3) is 0. The molecule has 2 heterocycles. The summed E-state index contributed by atoms with van der Waals surface area (Å²) in [4.78, 5) is 26.0. The highest BCUT2D eigenvalue weighted by atomic mass is 16.6. The Balaban J connectivity index is 1.95. The number of nitro benzene ring substituents is 1. The molecule has 104 valence electrons. The molecule has 0 amide bonds. The summed E-state index contributed by atoms with van der Waals surface area (Å²) in [5, 5.41) is 10.7. The van der Waals surface area contributed by atoms with Crippen LogP contribution >= 0.6 is 0 Å². The van der Waals surface area contributed by atoms with Crippen LogP contribution in [0.3, 0.4) is 0 Å². The number of nitro groups is 1. The number of hydrogen-bond acceptors (Lipinski definition) is 6. The van der Waals surface area contributed by atoms with Gasteiger partial charge in [-0.15, -0.1) is 0 Å². The number of carbonyl (C=O) groups excluding carboxylic acids is 1. The largest absolute Gasteiger partial charge is 0.465 e. The molecule has 21 heavy (non-hydrogen) atoms. The first kappa shape index (κ1) is 12.8. The van der Waals surface area contributed by atoms with Gasteiger partial charge in [-0.2, -0.15) is 0 Å². The zero-order chi connectivity index (χ0) is 14.8. The maximum atomic E-state index is 11.7. The highest BCUT2D eigenvalue weighted by molar-refractivity contribution is 6.12. The highest BCUT2D eigenvalue weighted by Crippen LogP contribution is 2.21. The van der Waals surface area contributed by atoms with E-state index in [1.165, 1.54) is 30.5 Å². The van der Waals surface area contributed by atoms with Crippen molar-refractivity contribution in [2.75, 3.05) is 0 Å². The predicted octanol–water partition coefficient (Wildman–Crippen LogP) is 2.53. The number of cyclic esters (lactones) is 1. The van der Waals surface area contributed by atoms with Gasteiger partial charge in [0.15, 0.2) is 5.70 Å². The lowest BCUT2D eigenvalue weighted by Gasteiger charge is -1.98. The molecule has 0 N–H and O–H groups in total. The van der Waals surface area contributed by atoms with Gasteiger partial charge >= 0.3 is 5.97 Å². The van der Waals surface area contributed by atoms with Gasteiger partial charge in [0.25, 0.3) is 5.69 Å². The summed E-state index contributed by atoms with van der Waals surface area (Å²) in [6.07, 6.45) is 2.91. The zero-order valence-corrected chi connectivity index (χ0v) is 10.6. The maximum Gasteiger partial charge on any atom is 0.363 e. The van der Waals surface area contributed by atoms with E-state index < -0.39 is 10.9 Å². The third-order valence-electron chi connectivity index (χ3n) is 2.75. The number of rotatable bonds is 3. The number of nitrogens with zero attached hydrogens (tertiary/aromatic N) is 2. The first-order chi connectivity index (χ1) is 10.1. The van der Waals surface area contributed by atoms with Gasteiger partial charge < -0.3 is 9.15 Å². The Morgan fingerprint density at radius 3 is 2.81 bits per heavy atom. The van der Waals surface area contributed by atoms with Crippen molar-refractivity contribution in [1.82, 2.24) is 0 Å². The van der Waals surface area contributed by atoms with Crippen LogP contribution in [0.5, 0.6) is 0 Å². The third-order valence-corrected chi connectivity index (χ3v) is 2.75. The standard InChI is InChI=1S/C14H8N2O5/c17-14-12(8-11-5-2-6-20-11)15-13(21-14)9-3-1-4-10(7-9)16(18)19/h1-8H. The molecule has 0 aliphatic carbocycles. The van der Waals surface area contributed by atoms with Gasteiger partial charge in [0.2, 0.25) is 5.90 Å². The van der Waals surface area contributed by atoms with Crippen molar-refractivity contribution in [3.8, 4) is 0 Å². The van der Waals surface area contributed by atoms with Crippen LogP contribution in [0.4, 0.5) is 5.69 Å². The molecule has 0 fully saturated rings. The molecule has 0 saturated heterocycles. The minimum atomic E-state index is -0.632. The molecule has 0 radical (unpaired) electrons. The van der Waals surface area contributed by atoms with Gasteiger partial charge in [-0.25, -0.2) is 9.79 Å². The van der Waals surface area contributed by atoms with Gasteiger partial charge in [0, 0.05) is 23.8 Å². The van der Waals surface area contributed by atoms with Crippen LogP contribution in [0.2, 0.25) is 0 Å². The summed E-state index contributed by atoms with van der Waals surface area (Å²) in [5.41, 5.74) is 0.335. The monoisotopic (exact) mass is 284 g/mol. The van der Waals surface area contributed by atoms with Crippen molar-refractivity contribution < 1.29 is 18.9 Å². The van der Waals surface area contributed by atoms with E-state index in [9.17, 15) is 14.9 Å². The van der Waals surface area contributed by atoms with Crippen LogP contribution in [0.1, 0.15) is 11.3 Å². The molecule has 2 aromatic rings. The second kappa shape index (κ2) is 5.04. The molecule has 1 aromatic heterocycles. The Hall–Kier alpha value is -3.22. The van der Waals surface area contributed by atoms with E-state index in [0.29, 0.717) is 11.3 Å². The molecule has 0 atom stereocenters. The Kier molecular flexibility index (Phi) is 3.07. The van der Waals surface area contributed by atoms with Crippen molar-refractivity contribution >= 4 is 23.6 Å². The topological polar surface area (TPSA) is 94.9 Å². The quantitative estimate of drug-likeness (QED) is 0.373. The normalized spacial score (nSPS) is 15.9. The maximum absolute atomic E-state index is 11.7. The van der Waals surface area contributed by atoms with Crippen molar-refractivity contribution in [2.45, 2.75) is 0 Å². The molecule has 1 aliphatic heterocycles. The summed E-state index contributed by atoms with van der Waals surface area (Å²) < 4.78 is 10.1.